The SMILES string of the molecule is CCC(CC)(NCCC1CCCCN1C)C(=O)O. The van der Waals surface area contributed by atoms with Gasteiger partial charge in [0.05, 0.1) is 0 Å². The molecule has 1 atom stereocenters. The van der Waals surface area contributed by atoms with E-state index < -0.39 is 11.5 Å². The quantitative estimate of drug-likeness (QED) is 0.732. The van der Waals surface area contributed by atoms with E-state index in [4.69, 9.17) is 0 Å². The maximum absolute atomic E-state index is 11.4. The minimum absolute atomic E-state index is 0.617. The number of aliphatic carboxylic acids is 1. The van der Waals surface area contributed by atoms with E-state index in [0.29, 0.717) is 18.9 Å². The first kappa shape index (κ1) is 15.4. The summed E-state index contributed by atoms with van der Waals surface area (Å²) in [6, 6.07) is 0.617. The lowest BCUT2D eigenvalue weighted by Crippen LogP contribution is -2.52. The second-order valence-corrected chi connectivity index (χ2v) is 5.44. The smallest absolute Gasteiger partial charge is 0.323 e. The highest BCUT2D eigenvalue weighted by atomic mass is 16.4. The van der Waals surface area contributed by atoms with Crippen LogP contribution in [0, 0.1) is 0 Å². The molecule has 0 aliphatic carbocycles. The van der Waals surface area contributed by atoms with Crippen LogP contribution in [0.2, 0.25) is 0 Å². The van der Waals surface area contributed by atoms with Crippen LogP contribution in [-0.4, -0.2) is 47.7 Å². The van der Waals surface area contributed by atoms with Gasteiger partial charge >= 0.3 is 5.97 Å². The molecule has 106 valence electrons. The predicted octanol–water partition coefficient (Wildman–Crippen LogP) is 2.09. The number of carboxylic acids is 1. The largest absolute Gasteiger partial charge is 0.480 e. The van der Waals surface area contributed by atoms with E-state index in [-0.39, 0.29) is 0 Å². The summed E-state index contributed by atoms with van der Waals surface area (Å²) in [6.45, 7) is 5.86. The van der Waals surface area contributed by atoms with Crippen molar-refractivity contribution in [3.05, 3.63) is 0 Å². The van der Waals surface area contributed by atoms with E-state index in [1.807, 2.05) is 13.8 Å². The monoisotopic (exact) mass is 256 g/mol. The molecular formula is C14H28N2O2. The van der Waals surface area contributed by atoms with Gasteiger partial charge in [-0.15, -0.1) is 0 Å². The molecule has 1 saturated heterocycles. The molecule has 0 amide bonds. The molecule has 18 heavy (non-hydrogen) atoms. The maximum atomic E-state index is 11.4. The van der Waals surface area contributed by atoms with Gasteiger partial charge in [0.25, 0.3) is 0 Å². The third kappa shape index (κ3) is 3.69. The Morgan fingerprint density at radius 1 is 1.39 bits per heavy atom. The molecule has 4 heteroatoms. The van der Waals surface area contributed by atoms with E-state index in [1.165, 1.54) is 25.8 Å². The number of carboxylic acid groups (broad SMARTS) is 1. The standard InChI is InChI=1S/C14H28N2O2/c1-4-14(5-2,13(17)18)15-10-9-12-8-6-7-11-16(12)3/h12,15H,4-11H2,1-3H3,(H,17,18). The molecule has 0 aromatic carbocycles. The van der Waals surface area contributed by atoms with E-state index in [9.17, 15) is 9.90 Å². The zero-order chi connectivity index (χ0) is 13.6. The van der Waals surface area contributed by atoms with Gasteiger partial charge in [0.2, 0.25) is 0 Å². The number of carbonyl (C=O) groups is 1. The molecule has 0 aromatic rings. The van der Waals surface area contributed by atoms with Crippen molar-refractivity contribution in [2.24, 2.45) is 0 Å². The summed E-state index contributed by atoms with van der Waals surface area (Å²) < 4.78 is 0. The topological polar surface area (TPSA) is 52.6 Å². The number of nitrogens with one attached hydrogen (secondary N) is 1. The molecule has 2 N–H and O–H groups in total. The number of hydrogen-bond donors (Lipinski definition) is 2. The van der Waals surface area contributed by atoms with Crippen molar-refractivity contribution < 1.29 is 9.90 Å². The highest BCUT2D eigenvalue weighted by Gasteiger charge is 2.34. The summed E-state index contributed by atoms with van der Waals surface area (Å²) in [5.41, 5.74) is -0.729. The number of nitrogens with zero attached hydrogens (tertiary/aromatic N) is 1. The van der Waals surface area contributed by atoms with Gasteiger partial charge in [0.1, 0.15) is 5.54 Å². The zero-order valence-electron chi connectivity index (χ0n) is 12.0. The van der Waals surface area contributed by atoms with Crippen molar-refractivity contribution in [1.82, 2.24) is 10.2 Å². The van der Waals surface area contributed by atoms with E-state index in [0.717, 1.165) is 13.0 Å². The van der Waals surface area contributed by atoms with Crippen LogP contribution in [0.5, 0.6) is 0 Å². The van der Waals surface area contributed by atoms with Crippen LogP contribution < -0.4 is 5.32 Å². The molecule has 1 heterocycles. The molecule has 1 aliphatic rings. The van der Waals surface area contributed by atoms with Crippen LogP contribution in [0.15, 0.2) is 0 Å². The normalized spacial score (nSPS) is 22.1. The summed E-state index contributed by atoms with van der Waals surface area (Å²) in [6.07, 6.45) is 6.17. The Balaban J connectivity index is 2.41. The first-order valence-corrected chi connectivity index (χ1v) is 7.24. The summed E-state index contributed by atoms with van der Waals surface area (Å²) in [5.74, 6) is -0.718. The Hall–Kier alpha value is -0.610. The van der Waals surface area contributed by atoms with E-state index in [1.54, 1.807) is 0 Å². The minimum atomic E-state index is -0.729. The fourth-order valence-corrected chi connectivity index (χ4v) is 2.86. The average molecular weight is 256 g/mol. The van der Waals surface area contributed by atoms with E-state index >= 15 is 0 Å². The van der Waals surface area contributed by atoms with Gasteiger partial charge in [0, 0.05) is 6.04 Å². The lowest BCUT2D eigenvalue weighted by Gasteiger charge is -2.34. The van der Waals surface area contributed by atoms with Crippen LogP contribution in [0.25, 0.3) is 0 Å². The number of rotatable bonds is 7. The van der Waals surface area contributed by atoms with Crippen LogP contribution in [0.3, 0.4) is 0 Å². The molecule has 0 spiro atoms. The highest BCUT2D eigenvalue weighted by Crippen LogP contribution is 2.19. The molecule has 0 aromatic heterocycles. The van der Waals surface area contributed by atoms with Gasteiger partial charge in [-0.3, -0.25) is 4.79 Å². The van der Waals surface area contributed by atoms with Gasteiger partial charge in [-0.1, -0.05) is 20.3 Å². The van der Waals surface area contributed by atoms with Gasteiger partial charge in [-0.2, -0.15) is 0 Å². The van der Waals surface area contributed by atoms with Gasteiger partial charge in [0.15, 0.2) is 0 Å². The number of hydrogen-bond acceptors (Lipinski definition) is 3. The van der Waals surface area contributed by atoms with E-state index in [2.05, 4.69) is 17.3 Å². The molecular weight excluding hydrogens is 228 g/mol. The second kappa shape index (κ2) is 7.10. The molecule has 4 nitrogen and oxygen atoms in total. The van der Waals surface area contributed by atoms with Crippen molar-refractivity contribution in [3.63, 3.8) is 0 Å². The van der Waals surface area contributed by atoms with Crippen LogP contribution in [0.1, 0.15) is 52.4 Å². The van der Waals surface area contributed by atoms with Gasteiger partial charge in [-0.25, -0.2) is 0 Å². The average Bonchev–Trinajstić information content (AvgIpc) is 2.37. The molecule has 1 rings (SSSR count). The minimum Gasteiger partial charge on any atom is -0.480 e. The van der Waals surface area contributed by atoms with Gasteiger partial charge in [-0.05, 0) is 52.2 Å². The van der Waals surface area contributed by atoms with Crippen molar-refractivity contribution in [2.45, 2.75) is 64.0 Å². The molecule has 0 saturated carbocycles. The molecule has 0 bridgehead atoms. The summed E-state index contributed by atoms with van der Waals surface area (Å²) >= 11 is 0. The Kier molecular flexibility index (Phi) is 6.09. The first-order chi connectivity index (χ1) is 8.55. The lowest BCUT2D eigenvalue weighted by molar-refractivity contribution is -0.145. The predicted molar refractivity (Wildman–Crippen MR) is 73.8 cm³/mol. The number of likely N-dealkylation sites (tertiary alicyclic amines) is 1. The van der Waals surface area contributed by atoms with Crippen molar-refractivity contribution in [2.75, 3.05) is 20.1 Å². The second-order valence-electron chi connectivity index (χ2n) is 5.44. The first-order valence-electron chi connectivity index (χ1n) is 7.24. The van der Waals surface area contributed by atoms with Crippen molar-refractivity contribution in [3.8, 4) is 0 Å². The van der Waals surface area contributed by atoms with Crippen LogP contribution in [0.4, 0.5) is 0 Å². The summed E-state index contributed by atoms with van der Waals surface area (Å²) in [4.78, 5) is 13.8. The molecule has 1 fully saturated rings. The van der Waals surface area contributed by atoms with Crippen LogP contribution >= 0.6 is 0 Å². The fraction of sp³-hybridized carbons (Fsp3) is 0.929. The lowest BCUT2D eigenvalue weighted by atomic mass is 9.92. The third-order valence-corrected chi connectivity index (χ3v) is 4.48. The molecule has 1 unspecified atom stereocenters. The Bertz CT molecular complexity index is 265. The molecule has 1 aliphatic heterocycles. The Morgan fingerprint density at radius 3 is 2.56 bits per heavy atom. The number of piperidine rings is 1. The summed E-state index contributed by atoms with van der Waals surface area (Å²) in [5, 5.41) is 12.6. The van der Waals surface area contributed by atoms with Crippen molar-refractivity contribution >= 4 is 5.97 Å². The fourth-order valence-electron chi connectivity index (χ4n) is 2.86. The van der Waals surface area contributed by atoms with Crippen LogP contribution in [-0.2, 0) is 4.79 Å². The Labute approximate surface area is 111 Å². The maximum Gasteiger partial charge on any atom is 0.323 e. The highest BCUT2D eigenvalue weighted by molar-refractivity contribution is 5.78. The summed E-state index contributed by atoms with van der Waals surface area (Å²) in [7, 11) is 2.17. The van der Waals surface area contributed by atoms with Gasteiger partial charge < -0.3 is 15.3 Å². The third-order valence-electron chi connectivity index (χ3n) is 4.48. The zero-order valence-corrected chi connectivity index (χ0v) is 12.0. The van der Waals surface area contributed by atoms with Crippen molar-refractivity contribution in [1.29, 1.82) is 0 Å². The molecule has 0 radical (unpaired) electrons. The Morgan fingerprint density at radius 2 is 2.06 bits per heavy atom.